The summed E-state index contributed by atoms with van der Waals surface area (Å²) in [6, 6.07) is 10.0. The third-order valence-corrected chi connectivity index (χ3v) is 5.26. The van der Waals surface area contributed by atoms with E-state index in [1.165, 1.54) is 18.2 Å². The highest BCUT2D eigenvalue weighted by Crippen LogP contribution is 2.43. The fourth-order valence-corrected chi connectivity index (χ4v) is 4.02. The lowest BCUT2D eigenvalue weighted by atomic mass is 9.93. The van der Waals surface area contributed by atoms with Gasteiger partial charge in [-0.1, -0.05) is 32.0 Å². The summed E-state index contributed by atoms with van der Waals surface area (Å²) in [6.45, 7) is 4.29. The van der Waals surface area contributed by atoms with E-state index in [9.17, 15) is 17.6 Å². The molecule has 0 radical (unpaired) electrons. The number of alkyl halides is 3. The number of fused-ring (bicyclic) bond motifs is 1. The molecule has 3 rings (SSSR count). The second kappa shape index (κ2) is 7.35. The van der Waals surface area contributed by atoms with Crippen LogP contribution in [0.3, 0.4) is 0 Å². The zero-order valence-electron chi connectivity index (χ0n) is 14.5. The molecule has 0 N–H and O–H groups in total. The molecular weight excluding hydrogens is 362 g/mol. The van der Waals surface area contributed by atoms with Crippen LogP contribution in [0.15, 0.2) is 53.6 Å². The first-order chi connectivity index (χ1) is 12.3. The Morgan fingerprint density at radius 2 is 1.88 bits per heavy atom. The summed E-state index contributed by atoms with van der Waals surface area (Å²) in [5, 5.41) is 0.899. The number of anilines is 1. The topological polar surface area (TPSA) is 3.24 Å². The van der Waals surface area contributed by atoms with Gasteiger partial charge in [-0.2, -0.15) is 13.2 Å². The van der Waals surface area contributed by atoms with E-state index in [1.807, 2.05) is 18.7 Å². The number of hydrogen-bond acceptors (Lipinski definition) is 2. The van der Waals surface area contributed by atoms with Gasteiger partial charge in [0.2, 0.25) is 0 Å². The molecule has 138 valence electrons. The first-order valence-electron chi connectivity index (χ1n) is 8.37. The van der Waals surface area contributed by atoms with Gasteiger partial charge in [0, 0.05) is 18.2 Å². The number of benzene rings is 2. The predicted molar refractivity (Wildman–Crippen MR) is 98.7 cm³/mol. The maximum absolute atomic E-state index is 13.6. The van der Waals surface area contributed by atoms with Crippen molar-refractivity contribution >= 4 is 17.4 Å². The fraction of sp³-hybridized carbons (Fsp3) is 0.300. The highest BCUT2D eigenvalue weighted by molar-refractivity contribution is 8.03. The Morgan fingerprint density at radius 1 is 1.12 bits per heavy atom. The number of rotatable bonds is 4. The van der Waals surface area contributed by atoms with Gasteiger partial charge in [-0.3, -0.25) is 0 Å². The van der Waals surface area contributed by atoms with Crippen molar-refractivity contribution in [1.29, 1.82) is 0 Å². The van der Waals surface area contributed by atoms with Gasteiger partial charge in [-0.15, -0.1) is 11.8 Å². The molecule has 1 aliphatic heterocycles. The van der Waals surface area contributed by atoms with Crippen LogP contribution in [-0.4, -0.2) is 5.75 Å². The molecule has 26 heavy (non-hydrogen) atoms. The molecule has 0 saturated carbocycles. The van der Waals surface area contributed by atoms with E-state index < -0.39 is 11.7 Å². The fourth-order valence-electron chi connectivity index (χ4n) is 3.11. The first kappa shape index (κ1) is 18.8. The second-order valence-corrected chi connectivity index (χ2v) is 7.50. The van der Waals surface area contributed by atoms with Crippen LogP contribution in [0.1, 0.15) is 36.5 Å². The zero-order valence-corrected chi connectivity index (χ0v) is 15.3. The summed E-state index contributed by atoms with van der Waals surface area (Å²) in [7, 11) is 0. The highest BCUT2D eigenvalue weighted by Gasteiger charge is 2.33. The molecule has 0 fully saturated rings. The Bertz CT molecular complexity index is 829. The van der Waals surface area contributed by atoms with E-state index in [1.54, 1.807) is 30.0 Å². The van der Waals surface area contributed by atoms with E-state index in [-0.39, 0.29) is 11.7 Å². The molecule has 2 aromatic carbocycles. The van der Waals surface area contributed by atoms with E-state index in [4.69, 9.17) is 0 Å². The van der Waals surface area contributed by atoms with Gasteiger partial charge in [0.25, 0.3) is 0 Å². The molecule has 0 bridgehead atoms. The number of halogens is 4. The Labute approximate surface area is 154 Å². The van der Waals surface area contributed by atoms with Crippen molar-refractivity contribution in [3.05, 3.63) is 76.1 Å². The van der Waals surface area contributed by atoms with E-state index in [2.05, 4.69) is 6.08 Å². The molecule has 0 amide bonds. The molecule has 0 aromatic heterocycles. The maximum Gasteiger partial charge on any atom is 0.416 e. The van der Waals surface area contributed by atoms with Gasteiger partial charge in [0.1, 0.15) is 5.82 Å². The van der Waals surface area contributed by atoms with Crippen LogP contribution in [0.5, 0.6) is 0 Å². The van der Waals surface area contributed by atoms with Crippen LogP contribution in [-0.2, 0) is 12.7 Å². The van der Waals surface area contributed by atoms with Gasteiger partial charge in [0.15, 0.2) is 0 Å². The molecule has 1 heterocycles. The van der Waals surface area contributed by atoms with Crippen LogP contribution in [0.4, 0.5) is 23.2 Å². The van der Waals surface area contributed by atoms with Crippen LogP contribution in [0.25, 0.3) is 0 Å². The number of allylic oxidation sites excluding steroid dienone is 1. The van der Waals surface area contributed by atoms with Gasteiger partial charge >= 0.3 is 6.18 Å². The van der Waals surface area contributed by atoms with Gasteiger partial charge in [-0.25, -0.2) is 4.39 Å². The maximum atomic E-state index is 13.6. The SMILES string of the molecule is CCSC1=CC(C)c2ccc(C(F)(F)F)cc2N1Cc1cccc(F)c1. The summed E-state index contributed by atoms with van der Waals surface area (Å²) in [5.74, 6) is 0.461. The second-order valence-electron chi connectivity index (χ2n) is 6.21. The lowest BCUT2D eigenvalue weighted by molar-refractivity contribution is -0.137. The van der Waals surface area contributed by atoms with Crippen molar-refractivity contribution in [3.8, 4) is 0 Å². The summed E-state index contributed by atoms with van der Waals surface area (Å²) in [4.78, 5) is 1.85. The van der Waals surface area contributed by atoms with Crippen molar-refractivity contribution in [3.63, 3.8) is 0 Å². The molecule has 1 nitrogen and oxygen atoms in total. The molecule has 1 aliphatic rings. The van der Waals surface area contributed by atoms with E-state index in [0.717, 1.165) is 22.4 Å². The van der Waals surface area contributed by atoms with Crippen molar-refractivity contribution in [2.45, 2.75) is 32.5 Å². The lowest BCUT2D eigenvalue weighted by Gasteiger charge is -2.35. The minimum absolute atomic E-state index is 0.0186. The quantitative estimate of drug-likeness (QED) is 0.552. The van der Waals surface area contributed by atoms with Crippen LogP contribution in [0, 0.1) is 5.82 Å². The smallest absolute Gasteiger partial charge is 0.332 e. The van der Waals surface area contributed by atoms with Gasteiger partial charge in [0.05, 0.1) is 10.6 Å². The molecule has 1 unspecified atom stereocenters. The van der Waals surface area contributed by atoms with Crippen molar-refractivity contribution in [2.75, 3.05) is 10.7 Å². The van der Waals surface area contributed by atoms with E-state index in [0.29, 0.717) is 17.8 Å². The number of hydrogen-bond donors (Lipinski definition) is 0. The van der Waals surface area contributed by atoms with Crippen molar-refractivity contribution in [1.82, 2.24) is 0 Å². The highest BCUT2D eigenvalue weighted by atomic mass is 32.2. The Balaban J connectivity index is 2.07. The predicted octanol–water partition coefficient (Wildman–Crippen LogP) is 6.56. The van der Waals surface area contributed by atoms with Crippen molar-refractivity contribution in [2.24, 2.45) is 0 Å². The van der Waals surface area contributed by atoms with Gasteiger partial charge in [-0.05, 0) is 47.2 Å². The molecule has 0 aliphatic carbocycles. The van der Waals surface area contributed by atoms with Crippen LogP contribution in [0.2, 0.25) is 0 Å². The number of nitrogens with zero attached hydrogens (tertiary/aromatic N) is 1. The zero-order chi connectivity index (χ0) is 18.9. The molecule has 6 heteroatoms. The lowest BCUT2D eigenvalue weighted by Crippen LogP contribution is -2.26. The van der Waals surface area contributed by atoms with E-state index >= 15 is 0 Å². The third-order valence-electron chi connectivity index (χ3n) is 4.32. The molecular formula is C20H19F4NS. The van der Waals surface area contributed by atoms with Crippen LogP contribution < -0.4 is 4.90 Å². The summed E-state index contributed by atoms with van der Waals surface area (Å²) in [5.41, 5.74) is 1.42. The monoisotopic (exact) mass is 381 g/mol. The standard InChI is InChI=1S/C20H19F4NS/c1-3-26-19-9-13(2)17-8-7-15(20(22,23)24)11-18(17)25(19)12-14-5-4-6-16(21)10-14/h4-11,13H,3,12H2,1-2H3. The Kier molecular flexibility index (Phi) is 5.32. The normalized spacial score (nSPS) is 17.1. The summed E-state index contributed by atoms with van der Waals surface area (Å²) < 4.78 is 53.2. The largest absolute Gasteiger partial charge is 0.416 e. The minimum atomic E-state index is -4.40. The summed E-state index contributed by atoms with van der Waals surface area (Å²) >= 11 is 1.58. The molecule has 0 saturated heterocycles. The molecule has 0 spiro atoms. The number of thioether (sulfide) groups is 1. The third kappa shape index (κ3) is 3.90. The van der Waals surface area contributed by atoms with Gasteiger partial charge < -0.3 is 4.90 Å². The average molecular weight is 381 g/mol. The minimum Gasteiger partial charge on any atom is -0.332 e. The Morgan fingerprint density at radius 3 is 2.54 bits per heavy atom. The van der Waals surface area contributed by atoms with Crippen LogP contribution >= 0.6 is 11.8 Å². The molecule has 1 atom stereocenters. The average Bonchev–Trinajstić information content (AvgIpc) is 2.57. The first-order valence-corrected chi connectivity index (χ1v) is 9.36. The molecule has 2 aromatic rings. The summed E-state index contributed by atoms with van der Waals surface area (Å²) in [6.07, 6.45) is -2.34. The Hall–Kier alpha value is -1.95. The van der Waals surface area contributed by atoms with Crippen molar-refractivity contribution < 1.29 is 17.6 Å².